The van der Waals surface area contributed by atoms with E-state index < -0.39 is 5.60 Å². The Balaban J connectivity index is 2.13. The van der Waals surface area contributed by atoms with Crippen molar-refractivity contribution in [2.45, 2.75) is 24.9 Å². The molecule has 1 aromatic carbocycles. The van der Waals surface area contributed by atoms with E-state index in [1.54, 1.807) is 12.1 Å². The van der Waals surface area contributed by atoms with Crippen LogP contribution in [0.4, 0.5) is 4.39 Å². The molecule has 1 saturated heterocycles. The summed E-state index contributed by atoms with van der Waals surface area (Å²) in [6.07, 6.45) is 1.73. The van der Waals surface area contributed by atoms with Crippen LogP contribution in [-0.2, 0) is 11.2 Å². The molecular weight excluding hydrogens is 231 g/mol. The summed E-state index contributed by atoms with van der Waals surface area (Å²) in [6, 6.07) is 4.52. The third-order valence-corrected chi connectivity index (χ3v) is 3.07. The van der Waals surface area contributed by atoms with Gasteiger partial charge in [-0.1, -0.05) is 17.7 Å². The highest BCUT2D eigenvalue weighted by Gasteiger charge is 2.31. The second-order valence-corrected chi connectivity index (χ2v) is 4.73. The zero-order valence-corrected chi connectivity index (χ0v) is 9.63. The lowest BCUT2D eigenvalue weighted by Gasteiger charge is -2.32. The maximum absolute atomic E-state index is 13.5. The Morgan fingerprint density at radius 2 is 2.31 bits per heavy atom. The van der Waals surface area contributed by atoms with E-state index in [9.17, 15) is 9.50 Å². The zero-order chi connectivity index (χ0) is 11.6. The normalized spacial score (nSPS) is 25.7. The Kier molecular flexibility index (Phi) is 3.47. The fraction of sp³-hybridized carbons (Fsp3) is 0.500. The molecule has 4 heteroatoms. The summed E-state index contributed by atoms with van der Waals surface area (Å²) in [7, 11) is 0. The molecule has 1 aliphatic rings. The highest BCUT2D eigenvalue weighted by atomic mass is 35.5. The molecule has 1 N–H and O–H groups in total. The summed E-state index contributed by atoms with van der Waals surface area (Å²) in [5.41, 5.74) is -0.454. The van der Waals surface area contributed by atoms with E-state index >= 15 is 0 Å². The topological polar surface area (TPSA) is 29.5 Å². The molecule has 2 rings (SSSR count). The lowest BCUT2D eigenvalue weighted by molar-refractivity contribution is -0.0848. The minimum atomic E-state index is -0.938. The van der Waals surface area contributed by atoms with Gasteiger partial charge in [0.1, 0.15) is 5.82 Å². The maximum Gasteiger partial charge on any atom is 0.127 e. The van der Waals surface area contributed by atoms with Crippen LogP contribution in [0.2, 0.25) is 5.02 Å². The van der Waals surface area contributed by atoms with Crippen LogP contribution in [0.1, 0.15) is 18.4 Å². The molecule has 1 unspecified atom stereocenters. The van der Waals surface area contributed by atoms with Crippen LogP contribution in [0.15, 0.2) is 18.2 Å². The van der Waals surface area contributed by atoms with E-state index in [-0.39, 0.29) is 18.8 Å². The summed E-state index contributed by atoms with van der Waals surface area (Å²) in [4.78, 5) is 0. The van der Waals surface area contributed by atoms with Crippen molar-refractivity contribution >= 4 is 11.6 Å². The highest BCUT2D eigenvalue weighted by Crippen LogP contribution is 2.25. The quantitative estimate of drug-likeness (QED) is 0.867. The van der Waals surface area contributed by atoms with Gasteiger partial charge in [-0.15, -0.1) is 0 Å². The van der Waals surface area contributed by atoms with E-state index in [0.717, 1.165) is 6.42 Å². The summed E-state index contributed by atoms with van der Waals surface area (Å²) < 4.78 is 18.8. The number of aliphatic hydroxyl groups is 1. The van der Waals surface area contributed by atoms with Gasteiger partial charge in [-0.25, -0.2) is 4.39 Å². The average Bonchev–Trinajstić information content (AvgIpc) is 2.23. The van der Waals surface area contributed by atoms with Gasteiger partial charge in [-0.3, -0.25) is 0 Å². The Hall–Kier alpha value is -0.640. The highest BCUT2D eigenvalue weighted by molar-refractivity contribution is 6.30. The largest absolute Gasteiger partial charge is 0.387 e. The summed E-state index contributed by atoms with van der Waals surface area (Å²) in [6.45, 7) is 0.945. The minimum absolute atomic E-state index is 0.273. The van der Waals surface area contributed by atoms with Crippen LogP contribution in [-0.4, -0.2) is 23.9 Å². The number of halogens is 2. The first-order valence-corrected chi connectivity index (χ1v) is 5.71. The lowest BCUT2D eigenvalue weighted by Crippen LogP contribution is -2.40. The summed E-state index contributed by atoms with van der Waals surface area (Å²) >= 11 is 5.67. The number of rotatable bonds is 2. The van der Waals surface area contributed by atoms with Crippen LogP contribution in [0.3, 0.4) is 0 Å². The molecule has 16 heavy (non-hydrogen) atoms. The van der Waals surface area contributed by atoms with Gasteiger partial charge >= 0.3 is 0 Å². The third kappa shape index (κ3) is 2.73. The molecule has 0 aromatic heterocycles. The molecule has 1 heterocycles. The summed E-state index contributed by atoms with van der Waals surface area (Å²) in [5, 5.41) is 10.6. The van der Waals surface area contributed by atoms with Crippen molar-refractivity contribution < 1.29 is 14.2 Å². The van der Waals surface area contributed by atoms with Gasteiger partial charge in [-0.2, -0.15) is 0 Å². The van der Waals surface area contributed by atoms with Gasteiger partial charge in [0, 0.05) is 18.1 Å². The second-order valence-electron chi connectivity index (χ2n) is 4.29. The Morgan fingerprint density at radius 3 is 2.94 bits per heavy atom. The van der Waals surface area contributed by atoms with Crippen molar-refractivity contribution in [3.8, 4) is 0 Å². The predicted molar refractivity (Wildman–Crippen MR) is 60.1 cm³/mol. The molecule has 0 bridgehead atoms. The van der Waals surface area contributed by atoms with Crippen LogP contribution in [0.25, 0.3) is 0 Å². The van der Waals surface area contributed by atoms with Crippen molar-refractivity contribution in [3.05, 3.63) is 34.6 Å². The SMILES string of the molecule is OC1(Cc2ccc(Cl)cc2F)CCCOC1. The van der Waals surface area contributed by atoms with E-state index in [1.807, 2.05) is 0 Å². The molecule has 2 nitrogen and oxygen atoms in total. The molecular formula is C12H14ClFO2. The zero-order valence-electron chi connectivity index (χ0n) is 8.88. The number of ether oxygens (including phenoxy) is 1. The van der Waals surface area contributed by atoms with Crippen LogP contribution in [0, 0.1) is 5.82 Å². The maximum atomic E-state index is 13.5. The van der Waals surface area contributed by atoms with E-state index in [1.165, 1.54) is 6.07 Å². The Labute approximate surface area is 99.0 Å². The van der Waals surface area contributed by atoms with Gasteiger partial charge in [0.15, 0.2) is 0 Å². The van der Waals surface area contributed by atoms with Crippen LogP contribution in [0.5, 0.6) is 0 Å². The number of hydrogen-bond donors (Lipinski definition) is 1. The molecule has 1 aliphatic heterocycles. The van der Waals surface area contributed by atoms with Gasteiger partial charge in [0.05, 0.1) is 12.2 Å². The summed E-state index contributed by atoms with van der Waals surface area (Å²) in [5.74, 6) is -0.369. The van der Waals surface area contributed by atoms with Crippen molar-refractivity contribution in [3.63, 3.8) is 0 Å². The molecule has 0 aliphatic carbocycles. The van der Waals surface area contributed by atoms with Gasteiger partial charge in [0.25, 0.3) is 0 Å². The molecule has 0 saturated carbocycles. The predicted octanol–water partition coefficient (Wildman–Crippen LogP) is 2.56. The Bertz CT molecular complexity index is 375. The van der Waals surface area contributed by atoms with Crippen molar-refractivity contribution in [2.75, 3.05) is 13.2 Å². The fourth-order valence-corrected chi connectivity index (χ4v) is 2.16. The van der Waals surface area contributed by atoms with E-state index in [2.05, 4.69) is 0 Å². The molecule has 88 valence electrons. The third-order valence-electron chi connectivity index (χ3n) is 2.84. The molecule has 0 radical (unpaired) electrons. The molecule has 1 aromatic rings. The van der Waals surface area contributed by atoms with Crippen molar-refractivity contribution in [1.29, 1.82) is 0 Å². The number of benzene rings is 1. The van der Waals surface area contributed by atoms with Crippen LogP contribution >= 0.6 is 11.6 Å². The van der Waals surface area contributed by atoms with Gasteiger partial charge in [0.2, 0.25) is 0 Å². The first-order chi connectivity index (χ1) is 7.59. The molecule has 1 atom stereocenters. The molecule has 0 spiro atoms. The Morgan fingerprint density at radius 1 is 1.50 bits per heavy atom. The average molecular weight is 245 g/mol. The fourth-order valence-electron chi connectivity index (χ4n) is 2.00. The molecule has 1 fully saturated rings. The van der Waals surface area contributed by atoms with E-state index in [0.29, 0.717) is 23.6 Å². The van der Waals surface area contributed by atoms with E-state index in [4.69, 9.17) is 16.3 Å². The van der Waals surface area contributed by atoms with Crippen molar-refractivity contribution in [1.82, 2.24) is 0 Å². The second kappa shape index (κ2) is 4.70. The number of hydrogen-bond acceptors (Lipinski definition) is 2. The minimum Gasteiger partial charge on any atom is -0.387 e. The van der Waals surface area contributed by atoms with Gasteiger partial charge < -0.3 is 9.84 Å². The molecule has 0 amide bonds. The standard InChI is InChI=1S/C12H14ClFO2/c13-10-3-2-9(11(14)6-10)7-12(15)4-1-5-16-8-12/h2-3,6,15H,1,4-5,7-8H2. The monoisotopic (exact) mass is 244 g/mol. The smallest absolute Gasteiger partial charge is 0.127 e. The first-order valence-electron chi connectivity index (χ1n) is 5.33. The van der Waals surface area contributed by atoms with Crippen LogP contribution < -0.4 is 0 Å². The lowest BCUT2D eigenvalue weighted by atomic mass is 9.89. The van der Waals surface area contributed by atoms with Gasteiger partial charge in [-0.05, 0) is 30.5 Å². The first kappa shape index (κ1) is 11.8. The van der Waals surface area contributed by atoms with Crippen molar-refractivity contribution in [2.24, 2.45) is 0 Å².